The number of aromatic nitrogens is 2. The number of carbonyl (C=O) groups excluding carboxylic acids is 1. The lowest BCUT2D eigenvalue weighted by molar-refractivity contribution is -0.118. The van der Waals surface area contributed by atoms with Crippen LogP contribution < -0.4 is 4.90 Å². The van der Waals surface area contributed by atoms with Crippen molar-refractivity contribution < 1.29 is 13.6 Å². The van der Waals surface area contributed by atoms with Crippen LogP contribution in [0.1, 0.15) is 25.5 Å². The first kappa shape index (κ1) is 11.0. The molecule has 2 rings (SSSR count). The molecule has 6 heteroatoms. The number of aryl methyl sites for hydroxylation is 1. The van der Waals surface area contributed by atoms with Gasteiger partial charge in [-0.15, -0.1) is 0 Å². The summed E-state index contributed by atoms with van der Waals surface area (Å²) in [7, 11) is 1.58. The van der Waals surface area contributed by atoms with Gasteiger partial charge in [-0.3, -0.25) is 4.79 Å². The fourth-order valence-corrected chi connectivity index (χ4v) is 1.73. The molecular weight excluding hydrogens is 216 g/mol. The molecule has 1 aliphatic heterocycles. The van der Waals surface area contributed by atoms with Crippen LogP contribution in [-0.4, -0.2) is 22.7 Å². The van der Waals surface area contributed by atoms with Gasteiger partial charge in [0, 0.05) is 33.0 Å². The normalized spacial score (nSPS) is 17.2. The number of alkyl halides is 2. The van der Waals surface area contributed by atoms with Gasteiger partial charge in [0.05, 0.1) is 0 Å². The summed E-state index contributed by atoms with van der Waals surface area (Å²) in [6.07, 6.45) is 1.06. The van der Waals surface area contributed by atoms with Crippen molar-refractivity contribution in [3.05, 3.63) is 11.8 Å². The van der Waals surface area contributed by atoms with Crippen molar-refractivity contribution >= 4 is 11.7 Å². The largest absolute Gasteiger partial charge is 0.300 e. The number of anilines is 1. The Balaban J connectivity index is 2.44. The molecule has 0 spiro atoms. The zero-order chi connectivity index (χ0) is 11.9. The van der Waals surface area contributed by atoms with E-state index in [0.717, 1.165) is 6.92 Å². The molecule has 0 N–H and O–H groups in total. The first-order chi connectivity index (χ1) is 7.39. The smallest absolute Gasteiger partial charge is 0.288 e. The van der Waals surface area contributed by atoms with Gasteiger partial charge >= 0.3 is 0 Å². The summed E-state index contributed by atoms with van der Waals surface area (Å²) in [5.41, 5.74) is -0.288. The molecule has 16 heavy (non-hydrogen) atoms. The number of nitrogens with zero attached hydrogens (tertiary/aromatic N) is 3. The second-order valence-corrected chi connectivity index (χ2v) is 4.06. The summed E-state index contributed by atoms with van der Waals surface area (Å²) in [4.78, 5) is 12.9. The summed E-state index contributed by atoms with van der Waals surface area (Å²) in [6, 6.07) is 1.28. The van der Waals surface area contributed by atoms with Crippen LogP contribution in [0.15, 0.2) is 6.07 Å². The highest BCUT2D eigenvalue weighted by molar-refractivity contribution is 5.92. The summed E-state index contributed by atoms with van der Waals surface area (Å²) in [5, 5.41) is 3.84. The molecular formula is C10H13F2N3O. The molecule has 1 amide bonds. The molecule has 0 bridgehead atoms. The zero-order valence-corrected chi connectivity index (χ0v) is 9.20. The van der Waals surface area contributed by atoms with Gasteiger partial charge in [0.15, 0.2) is 0 Å². The second kappa shape index (κ2) is 3.54. The predicted octanol–water partition coefficient (Wildman–Crippen LogP) is 1.75. The SMILES string of the molecule is CN1C(=O)CCCn2nc(C(C)(F)F)cc21. The highest BCUT2D eigenvalue weighted by Gasteiger charge is 2.31. The van der Waals surface area contributed by atoms with Crippen molar-refractivity contribution in [2.24, 2.45) is 0 Å². The second-order valence-electron chi connectivity index (χ2n) is 4.06. The van der Waals surface area contributed by atoms with E-state index in [1.165, 1.54) is 15.6 Å². The van der Waals surface area contributed by atoms with Gasteiger partial charge in [0.2, 0.25) is 5.91 Å². The molecule has 88 valence electrons. The number of amides is 1. The van der Waals surface area contributed by atoms with Crippen LogP contribution in [0.5, 0.6) is 0 Å². The Morgan fingerprint density at radius 1 is 1.50 bits per heavy atom. The summed E-state index contributed by atoms with van der Waals surface area (Å²) >= 11 is 0. The lowest BCUT2D eigenvalue weighted by Crippen LogP contribution is -2.25. The molecule has 0 aliphatic carbocycles. The number of fused-ring (bicyclic) bond motifs is 1. The number of carbonyl (C=O) groups is 1. The maximum atomic E-state index is 13.1. The molecule has 1 aromatic rings. The third-order valence-corrected chi connectivity index (χ3v) is 2.69. The van der Waals surface area contributed by atoms with Crippen LogP contribution in [0.2, 0.25) is 0 Å². The first-order valence-electron chi connectivity index (χ1n) is 5.12. The van der Waals surface area contributed by atoms with Crippen molar-refractivity contribution in [1.82, 2.24) is 9.78 Å². The zero-order valence-electron chi connectivity index (χ0n) is 9.20. The molecule has 1 aliphatic rings. The van der Waals surface area contributed by atoms with E-state index < -0.39 is 5.92 Å². The van der Waals surface area contributed by atoms with E-state index in [-0.39, 0.29) is 11.6 Å². The quantitative estimate of drug-likeness (QED) is 0.735. The van der Waals surface area contributed by atoms with E-state index in [4.69, 9.17) is 0 Å². The number of halogens is 2. The highest BCUT2D eigenvalue weighted by Crippen LogP contribution is 2.30. The van der Waals surface area contributed by atoms with Crippen LogP contribution in [-0.2, 0) is 17.3 Å². The molecule has 0 unspecified atom stereocenters. The molecule has 0 aromatic carbocycles. The molecule has 1 aromatic heterocycles. The van der Waals surface area contributed by atoms with Gasteiger partial charge < -0.3 is 4.90 Å². The Kier molecular flexibility index (Phi) is 2.44. The van der Waals surface area contributed by atoms with E-state index >= 15 is 0 Å². The highest BCUT2D eigenvalue weighted by atomic mass is 19.3. The third-order valence-electron chi connectivity index (χ3n) is 2.69. The van der Waals surface area contributed by atoms with Crippen LogP contribution >= 0.6 is 0 Å². The summed E-state index contributed by atoms with van der Waals surface area (Å²) in [5.74, 6) is -2.59. The molecule has 0 atom stereocenters. The van der Waals surface area contributed by atoms with Crippen molar-refractivity contribution in [2.75, 3.05) is 11.9 Å². The lowest BCUT2D eigenvalue weighted by atomic mass is 10.2. The Hall–Kier alpha value is -1.46. The molecule has 0 saturated heterocycles. The Morgan fingerprint density at radius 3 is 2.81 bits per heavy atom. The molecule has 0 radical (unpaired) electrons. The fourth-order valence-electron chi connectivity index (χ4n) is 1.73. The van der Waals surface area contributed by atoms with Gasteiger partial charge in [-0.2, -0.15) is 13.9 Å². The van der Waals surface area contributed by atoms with Crippen molar-refractivity contribution in [2.45, 2.75) is 32.2 Å². The van der Waals surface area contributed by atoms with Crippen LogP contribution in [0, 0.1) is 0 Å². The minimum Gasteiger partial charge on any atom is -0.300 e. The third kappa shape index (κ3) is 1.79. The lowest BCUT2D eigenvalue weighted by Gasteiger charge is -2.13. The molecule has 0 saturated carbocycles. The van der Waals surface area contributed by atoms with Gasteiger partial charge in [0.25, 0.3) is 5.92 Å². The number of rotatable bonds is 1. The summed E-state index contributed by atoms with van der Waals surface area (Å²) < 4.78 is 27.6. The van der Waals surface area contributed by atoms with Gasteiger partial charge in [-0.05, 0) is 6.42 Å². The monoisotopic (exact) mass is 229 g/mol. The Labute approximate surface area is 91.8 Å². The average molecular weight is 229 g/mol. The van der Waals surface area contributed by atoms with Gasteiger partial charge in [-0.25, -0.2) is 4.68 Å². The van der Waals surface area contributed by atoms with Crippen molar-refractivity contribution in [3.63, 3.8) is 0 Å². The number of hydrogen-bond acceptors (Lipinski definition) is 2. The van der Waals surface area contributed by atoms with E-state index in [1.807, 2.05) is 0 Å². The Bertz CT molecular complexity index is 422. The van der Waals surface area contributed by atoms with Crippen LogP contribution in [0.4, 0.5) is 14.6 Å². The van der Waals surface area contributed by atoms with E-state index in [2.05, 4.69) is 5.10 Å². The predicted molar refractivity (Wildman–Crippen MR) is 54.4 cm³/mol. The van der Waals surface area contributed by atoms with E-state index in [0.29, 0.717) is 25.2 Å². The van der Waals surface area contributed by atoms with E-state index in [1.54, 1.807) is 7.05 Å². The average Bonchev–Trinajstić information content (AvgIpc) is 2.55. The molecule has 4 nitrogen and oxygen atoms in total. The topological polar surface area (TPSA) is 38.1 Å². The molecule has 2 heterocycles. The fraction of sp³-hybridized carbons (Fsp3) is 0.600. The van der Waals surface area contributed by atoms with Crippen LogP contribution in [0.3, 0.4) is 0 Å². The van der Waals surface area contributed by atoms with E-state index in [9.17, 15) is 13.6 Å². The van der Waals surface area contributed by atoms with Gasteiger partial charge in [0.1, 0.15) is 11.5 Å². The minimum atomic E-state index is -2.97. The number of hydrogen-bond donors (Lipinski definition) is 0. The standard InChI is InChI=1S/C10H13F2N3O/c1-10(11,12)7-6-8-14(2)9(16)4-3-5-15(8)13-7/h6H,3-5H2,1-2H3. The van der Waals surface area contributed by atoms with Crippen molar-refractivity contribution in [3.8, 4) is 0 Å². The molecule has 0 fully saturated rings. The first-order valence-corrected chi connectivity index (χ1v) is 5.12. The maximum absolute atomic E-state index is 13.1. The van der Waals surface area contributed by atoms with Crippen molar-refractivity contribution in [1.29, 1.82) is 0 Å². The Morgan fingerprint density at radius 2 is 2.19 bits per heavy atom. The maximum Gasteiger partial charge on any atom is 0.288 e. The summed E-state index contributed by atoms with van der Waals surface area (Å²) in [6.45, 7) is 1.30. The van der Waals surface area contributed by atoms with Gasteiger partial charge in [-0.1, -0.05) is 0 Å². The van der Waals surface area contributed by atoms with Crippen LogP contribution in [0.25, 0.3) is 0 Å². The minimum absolute atomic E-state index is 0.0652.